The van der Waals surface area contributed by atoms with E-state index in [0.717, 1.165) is 11.1 Å². The third-order valence-electron chi connectivity index (χ3n) is 3.09. The Balaban J connectivity index is 2.53. The Kier molecular flexibility index (Phi) is 5.43. The lowest BCUT2D eigenvalue weighted by Gasteiger charge is -2.09. The van der Waals surface area contributed by atoms with Crippen molar-refractivity contribution in [2.75, 3.05) is 0 Å². The Morgan fingerprint density at radius 3 is 2.35 bits per heavy atom. The number of Topliss-reactive ketones (excluding diaryl/α,β-unsaturated/α-hetero) is 1. The van der Waals surface area contributed by atoms with Crippen molar-refractivity contribution in [3.8, 4) is 0 Å². The van der Waals surface area contributed by atoms with Crippen molar-refractivity contribution < 1.29 is 19.1 Å². The van der Waals surface area contributed by atoms with Crippen LogP contribution in [0.25, 0.3) is 0 Å². The molecule has 1 amide bonds. The van der Waals surface area contributed by atoms with Crippen LogP contribution in [0.1, 0.15) is 41.3 Å². The molecule has 0 radical (unpaired) electrons. The summed E-state index contributed by atoms with van der Waals surface area (Å²) in [5, 5.41) is 0. The number of ether oxygens (including phenoxy) is 1. The molecule has 1 aromatic rings. The number of aryl methyl sites for hydroxylation is 2. The smallest absolute Gasteiger partial charge is 0.307 e. The van der Waals surface area contributed by atoms with Gasteiger partial charge in [0.15, 0.2) is 11.9 Å². The fourth-order valence-electron chi connectivity index (χ4n) is 1.59. The van der Waals surface area contributed by atoms with E-state index in [1.54, 1.807) is 12.1 Å². The predicted molar refractivity (Wildman–Crippen MR) is 74.2 cm³/mol. The normalized spacial score (nSPS) is 11.8. The molecule has 0 unspecified atom stereocenters. The standard InChI is InChI=1S/C15H19NO4/c1-9-4-5-12(8-10(9)2)13(17)6-7-14(18)20-11(3)15(16)19/h4-5,8,11H,6-7H2,1-3H3,(H2,16,19)/t11-/m0/s1. The van der Waals surface area contributed by atoms with Crippen LogP contribution in [0.3, 0.4) is 0 Å². The van der Waals surface area contributed by atoms with Crippen LogP contribution < -0.4 is 5.73 Å². The second kappa shape index (κ2) is 6.84. The molecule has 0 heterocycles. The van der Waals surface area contributed by atoms with E-state index in [1.165, 1.54) is 6.92 Å². The maximum absolute atomic E-state index is 11.9. The molecular weight excluding hydrogens is 258 g/mol. The van der Waals surface area contributed by atoms with Crippen molar-refractivity contribution in [2.24, 2.45) is 5.73 Å². The zero-order valence-corrected chi connectivity index (χ0v) is 11.9. The van der Waals surface area contributed by atoms with Gasteiger partial charge >= 0.3 is 5.97 Å². The summed E-state index contributed by atoms with van der Waals surface area (Å²) < 4.78 is 4.78. The van der Waals surface area contributed by atoms with Crippen molar-refractivity contribution in [1.82, 2.24) is 0 Å². The summed E-state index contributed by atoms with van der Waals surface area (Å²) in [7, 11) is 0. The second-order valence-corrected chi connectivity index (χ2v) is 4.76. The molecule has 0 aliphatic heterocycles. The van der Waals surface area contributed by atoms with E-state index in [9.17, 15) is 14.4 Å². The van der Waals surface area contributed by atoms with Crippen molar-refractivity contribution in [1.29, 1.82) is 0 Å². The highest BCUT2D eigenvalue weighted by Gasteiger charge is 2.16. The molecule has 0 spiro atoms. The minimum Gasteiger partial charge on any atom is -0.453 e. The highest BCUT2D eigenvalue weighted by atomic mass is 16.5. The number of ketones is 1. The summed E-state index contributed by atoms with van der Waals surface area (Å²) in [5.74, 6) is -1.44. The van der Waals surface area contributed by atoms with Gasteiger partial charge in [0, 0.05) is 12.0 Å². The summed E-state index contributed by atoms with van der Waals surface area (Å²) in [6, 6.07) is 5.41. The lowest BCUT2D eigenvalue weighted by atomic mass is 10.0. The van der Waals surface area contributed by atoms with Gasteiger partial charge in [-0.05, 0) is 38.0 Å². The molecule has 1 atom stereocenters. The lowest BCUT2D eigenvalue weighted by Crippen LogP contribution is -2.30. The number of carbonyl (C=O) groups excluding carboxylic acids is 3. The topological polar surface area (TPSA) is 86.5 Å². The molecule has 2 N–H and O–H groups in total. The highest BCUT2D eigenvalue weighted by molar-refractivity contribution is 5.97. The monoisotopic (exact) mass is 277 g/mol. The van der Waals surface area contributed by atoms with Crippen LogP contribution in [0.15, 0.2) is 18.2 Å². The average Bonchev–Trinajstić information content (AvgIpc) is 2.39. The van der Waals surface area contributed by atoms with E-state index in [2.05, 4.69) is 0 Å². The van der Waals surface area contributed by atoms with Crippen LogP contribution in [0, 0.1) is 13.8 Å². The quantitative estimate of drug-likeness (QED) is 0.633. The molecule has 0 aliphatic carbocycles. The van der Waals surface area contributed by atoms with Gasteiger partial charge in [-0.3, -0.25) is 14.4 Å². The maximum atomic E-state index is 11.9. The number of hydrogen-bond donors (Lipinski definition) is 1. The Hall–Kier alpha value is -2.17. The first-order valence-corrected chi connectivity index (χ1v) is 6.40. The predicted octanol–water partition coefficient (Wildman–Crippen LogP) is 1.68. The lowest BCUT2D eigenvalue weighted by molar-refractivity contribution is -0.153. The van der Waals surface area contributed by atoms with Crippen molar-refractivity contribution >= 4 is 17.7 Å². The minimum atomic E-state index is -0.973. The fraction of sp³-hybridized carbons (Fsp3) is 0.400. The molecule has 5 heteroatoms. The third kappa shape index (κ3) is 4.50. The molecule has 0 saturated carbocycles. The maximum Gasteiger partial charge on any atom is 0.307 e. The first-order valence-electron chi connectivity index (χ1n) is 6.40. The van der Waals surface area contributed by atoms with Crippen LogP contribution in [0.4, 0.5) is 0 Å². The van der Waals surface area contributed by atoms with Gasteiger partial charge in [0.1, 0.15) is 0 Å². The van der Waals surface area contributed by atoms with E-state index >= 15 is 0 Å². The largest absolute Gasteiger partial charge is 0.453 e. The second-order valence-electron chi connectivity index (χ2n) is 4.76. The van der Waals surface area contributed by atoms with E-state index < -0.39 is 18.0 Å². The van der Waals surface area contributed by atoms with Crippen molar-refractivity contribution in [3.63, 3.8) is 0 Å². The Morgan fingerprint density at radius 2 is 1.80 bits per heavy atom. The SMILES string of the molecule is Cc1ccc(C(=O)CCC(=O)O[C@@H](C)C(N)=O)cc1C. The summed E-state index contributed by atoms with van der Waals surface area (Å²) >= 11 is 0. The zero-order chi connectivity index (χ0) is 15.3. The van der Waals surface area contributed by atoms with Crippen molar-refractivity contribution in [3.05, 3.63) is 34.9 Å². The van der Waals surface area contributed by atoms with Crippen molar-refractivity contribution in [2.45, 2.75) is 39.7 Å². The number of carbonyl (C=O) groups is 3. The number of benzene rings is 1. The number of esters is 1. The first-order chi connectivity index (χ1) is 9.31. The minimum absolute atomic E-state index is 0.0484. The molecular formula is C15H19NO4. The van der Waals surface area contributed by atoms with Gasteiger partial charge in [-0.2, -0.15) is 0 Å². The molecule has 1 rings (SSSR count). The first kappa shape index (κ1) is 15.9. The van der Waals surface area contributed by atoms with Gasteiger partial charge in [0.05, 0.1) is 6.42 Å². The fourth-order valence-corrected chi connectivity index (χ4v) is 1.59. The van der Waals surface area contributed by atoms with Crippen LogP contribution >= 0.6 is 0 Å². The third-order valence-corrected chi connectivity index (χ3v) is 3.09. The van der Waals surface area contributed by atoms with Gasteiger partial charge in [-0.15, -0.1) is 0 Å². The Labute approximate surface area is 118 Å². The summed E-state index contributed by atoms with van der Waals surface area (Å²) in [6.45, 7) is 5.28. The Bertz CT molecular complexity index is 537. The molecule has 20 heavy (non-hydrogen) atoms. The van der Waals surface area contributed by atoms with Crippen LogP contribution in [0.2, 0.25) is 0 Å². The van der Waals surface area contributed by atoms with E-state index in [4.69, 9.17) is 10.5 Å². The highest BCUT2D eigenvalue weighted by Crippen LogP contribution is 2.12. The summed E-state index contributed by atoms with van der Waals surface area (Å²) in [4.78, 5) is 34.1. The van der Waals surface area contributed by atoms with E-state index in [0.29, 0.717) is 5.56 Å². The van der Waals surface area contributed by atoms with Gasteiger partial charge in [0.25, 0.3) is 5.91 Å². The number of rotatable bonds is 6. The van der Waals surface area contributed by atoms with E-state index in [1.807, 2.05) is 19.9 Å². The molecule has 5 nitrogen and oxygen atoms in total. The molecule has 0 fully saturated rings. The van der Waals surface area contributed by atoms with Gasteiger partial charge < -0.3 is 10.5 Å². The summed E-state index contributed by atoms with van der Waals surface area (Å²) in [6.07, 6.45) is -0.991. The molecule has 108 valence electrons. The molecule has 0 aliphatic rings. The number of hydrogen-bond acceptors (Lipinski definition) is 4. The van der Waals surface area contributed by atoms with Crippen LogP contribution in [-0.4, -0.2) is 23.8 Å². The number of amides is 1. The van der Waals surface area contributed by atoms with Gasteiger partial charge in [-0.1, -0.05) is 12.1 Å². The summed E-state index contributed by atoms with van der Waals surface area (Å²) in [5.41, 5.74) is 7.69. The average molecular weight is 277 g/mol. The van der Waals surface area contributed by atoms with Crippen LogP contribution in [0.5, 0.6) is 0 Å². The number of primary amides is 1. The molecule has 0 saturated heterocycles. The number of nitrogens with two attached hydrogens (primary N) is 1. The van der Waals surface area contributed by atoms with Gasteiger partial charge in [-0.25, -0.2) is 0 Å². The van der Waals surface area contributed by atoms with Gasteiger partial charge in [0.2, 0.25) is 0 Å². The van der Waals surface area contributed by atoms with Crippen LogP contribution in [-0.2, 0) is 14.3 Å². The van der Waals surface area contributed by atoms with E-state index in [-0.39, 0.29) is 18.6 Å². The Morgan fingerprint density at radius 1 is 1.15 bits per heavy atom. The molecule has 1 aromatic carbocycles. The molecule has 0 aromatic heterocycles. The molecule has 0 bridgehead atoms. The zero-order valence-electron chi connectivity index (χ0n) is 11.9.